The maximum Gasteiger partial charge on any atom is 0.147 e. The lowest BCUT2D eigenvalue weighted by atomic mass is 10.1. The third-order valence-electron chi connectivity index (χ3n) is 3.60. The molecule has 1 aliphatic rings. The van der Waals surface area contributed by atoms with Gasteiger partial charge in [-0.25, -0.2) is 0 Å². The molecule has 20 heavy (non-hydrogen) atoms. The van der Waals surface area contributed by atoms with Crippen LogP contribution in [0.3, 0.4) is 0 Å². The van der Waals surface area contributed by atoms with Crippen molar-refractivity contribution in [2.75, 3.05) is 13.2 Å². The highest BCUT2D eigenvalue weighted by atomic mass is 79.9. The molecule has 0 saturated heterocycles. The largest absolute Gasteiger partial charge is 0.490 e. The Hall–Kier alpha value is 0.420. The predicted octanol–water partition coefficient (Wildman–Crippen LogP) is 5.67. The first-order chi connectivity index (χ1) is 9.66. The minimum absolute atomic E-state index is 0.679. The summed E-state index contributed by atoms with van der Waals surface area (Å²) in [5.74, 6) is 0.871. The fourth-order valence-corrected chi connectivity index (χ4v) is 5.05. The van der Waals surface area contributed by atoms with Crippen molar-refractivity contribution in [3.05, 3.63) is 25.6 Å². The van der Waals surface area contributed by atoms with Crippen molar-refractivity contribution in [2.24, 2.45) is 0 Å². The molecule has 1 saturated carbocycles. The Morgan fingerprint density at radius 1 is 1.00 bits per heavy atom. The third-order valence-corrected chi connectivity index (χ3v) is 5.24. The lowest BCUT2D eigenvalue weighted by molar-refractivity contribution is 0.297. The van der Waals surface area contributed by atoms with Crippen LogP contribution in [0.5, 0.6) is 5.75 Å². The average Bonchev–Trinajstić information content (AvgIpc) is 2.65. The Morgan fingerprint density at radius 3 is 2.20 bits per heavy atom. The Bertz CT molecular complexity index is 408. The standard InChI is InChI=1S/C15H20Br3NO/c16-11-9-13(17)15(14(18)10-11)20-8-7-19-12-5-3-1-2-4-6-12/h9-10,12,19H,1-8H2. The number of nitrogens with one attached hydrogen (secondary N) is 1. The van der Waals surface area contributed by atoms with Crippen molar-refractivity contribution < 1.29 is 4.74 Å². The Balaban J connectivity index is 1.75. The van der Waals surface area contributed by atoms with Gasteiger partial charge in [0.05, 0.1) is 8.95 Å². The summed E-state index contributed by atoms with van der Waals surface area (Å²) in [6, 6.07) is 4.68. The van der Waals surface area contributed by atoms with Crippen LogP contribution in [0.15, 0.2) is 25.6 Å². The number of rotatable bonds is 5. The summed E-state index contributed by atoms with van der Waals surface area (Å²) >= 11 is 10.5. The van der Waals surface area contributed by atoms with E-state index in [-0.39, 0.29) is 0 Å². The Kier molecular flexibility index (Phi) is 7.35. The second kappa shape index (κ2) is 8.76. The minimum atomic E-state index is 0.679. The smallest absolute Gasteiger partial charge is 0.147 e. The minimum Gasteiger partial charge on any atom is -0.490 e. The zero-order chi connectivity index (χ0) is 14.4. The van der Waals surface area contributed by atoms with E-state index in [2.05, 4.69) is 53.1 Å². The Labute approximate surface area is 146 Å². The van der Waals surface area contributed by atoms with Crippen molar-refractivity contribution in [1.82, 2.24) is 5.32 Å². The summed E-state index contributed by atoms with van der Waals surface area (Å²) in [6.45, 7) is 1.59. The molecule has 1 aromatic rings. The number of hydrogen-bond donors (Lipinski definition) is 1. The van der Waals surface area contributed by atoms with Crippen LogP contribution in [0.1, 0.15) is 38.5 Å². The molecule has 0 heterocycles. The van der Waals surface area contributed by atoms with E-state index in [9.17, 15) is 0 Å². The molecule has 0 spiro atoms. The van der Waals surface area contributed by atoms with Crippen molar-refractivity contribution in [2.45, 2.75) is 44.6 Å². The molecule has 0 aromatic heterocycles. The highest BCUT2D eigenvalue weighted by molar-refractivity contribution is 9.11. The van der Waals surface area contributed by atoms with E-state index < -0.39 is 0 Å². The van der Waals surface area contributed by atoms with Gasteiger partial charge in [0.25, 0.3) is 0 Å². The summed E-state index contributed by atoms with van der Waals surface area (Å²) in [7, 11) is 0. The monoisotopic (exact) mass is 467 g/mol. The maximum atomic E-state index is 5.87. The first kappa shape index (κ1) is 16.8. The molecular formula is C15H20Br3NO. The van der Waals surface area contributed by atoms with E-state index in [0.717, 1.165) is 25.7 Å². The molecule has 0 radical (unpaired) electrons. The van der Waals surface area contributed by atoms with E-state index in [1.54, 1.807) is 0 Å². The molecule has 0 amide bonds. The lowest BCUT2D eigenvalue weighted by Crippen LogP contribution is -2.32. The molecule has 112 valence electrons. The fourth-order valence-electron chi connectivity index (χ4n) is 2.57. The molecular weight excluding hydrogens is 450 g/mol. The van der Waals surface area contributed by atoms with Gasteiger partial charge in [-0.05, 0) is 56.8 Å². The molecule has 1 aliphatic carbocycles. The van der Waals surface area contributed by atoms with Gasteiger partial charge < -0.3 is 10.1 Å². The van der Waals surface area contributed by atoms with Gasteiger partial charge in [-0.3, -0.25) is 0 Å². The highest BCUT2D eigenvalue weighted by Crippen LogP contribution is 2.36. The SMILES string of the molecule is Brc1cc(Br)c(OCCNC2CCCCCC2)c(Br)c1. The van der Waals surface area contributed by atoms with Gasteiger partial charge in [-0.2, -0.15) is 0 Å². The number of benzene rings is 1. The molecule has 2 nitrogen and oxygen atoms in total. The van der Waals surface area contributed by atoms with Gasteiger partial charge >= 0.3 is 0 Å². The van der Waals surface area contributed by atoms with E-state index >= 15 is 0 Å². The second-order valence-electron chi connectivity index (χ2n) is 5.19. The fraction of sp³-hybridized carbons (Fsp3) is 0.600. The van der Waals surface area contributed by atoms with Crippen molar-refractivity contribution >= 4 is 47.8 Å². The molecule has 2 rings (SSSR count). The third kappa shape index (κ3) is 5.32. The molecule has 0 atom stereocenters. The molecule has 1 aromatic carbocycles. The first-order valence-electron chi connectivity index (χ1n) is 7.17. The van der Waals surface area contributed by atoms with Crippen molar-refractivity contribution in [3.8, 4) is 5.75 Å². The van der Waals surface area contributed by atoms with E-state index in [1.807, 2.05) is 12.1 Å². The molecule has 0 unspecified atom stereocenters. The van der Waals surface area contributed by atoms with Crippen LogP contribution in [0, 0.1) is 0 Å². The lowest BCUT2D eigenvalue weighted by Gasteiger charge is -2.17. The Morgan fingerprint density at radius 2 is 1.60 bits per heavy atom. The average molecular weight is 470 g/mol. The quantitative estimate of drug-likeness (QED) is 0.443. The summed E-state index contributed by atoms with van der Waals surface area (Å²) in [6.07, 6.45) is 8.14. The van der Waals surface area contributed by atoms with Crippen molar-refractivity contribution in [3.63, 3.8) is 0 Å². The van der Waals surface area contributed by atoms with Crippen LogP contribution in [0.2, 0.25) is 0 Å². The summed E-state index contributed by atoms with van der Waals surface area (Å²) in [5, 5.41) is 3.62. The van der Waals surface area contributed by atoms with E-state index in [4.69, 9.17) is 4.74 Å². The van der Waals surface area contributed by atoms with Gasteiger partial charge in [0.2, 0.25) is 0 Å². The number of ether oxygens (including phenoxy) is 1. The molecule has 1 N–H and O–H groups in total. The number of hydrogen-bond acceptors (Lipinski definition) is 2. The normalized spacial score (nSPS) is 16.9. The summed E-state index contributed by atoms with van der Waals surface area (Å²) in [5.41, 5.74) is 0. The zero-order valence-corrected chi connectivity index (χ0v) is 16.2. The van der Waals surface area contributed by atoms with Crippen molar-refractivity contribution in [1.29, 1.82) is 0 Å². The van der Waals surface area contributed by atoms with E-state index in [1.165, 1.54) is 38.5 Å². The van der Waals surface area contributed by atoms with Gasteiger partial charge in [-0.15, -0.1) is 0 Å². The van der Waals surface area contributed by atoms with Crippen LogP contribution in [0.25, 0.3) is 0 Å². The van der Waals surface area contributed by atoms with Crippen LogP contribution in [-0.2, 0) is 0 Å². The van der Waals surface area contributed by atoms with Crippen LogP contribution in [0.4, 0.5) is 0 Å². The predicted molar refractivity (Wildman–Crippen MR) is 94.5 cm³/mol. The van der Waals surface area contributed by atoms with E-state index in [0.29, 0.717) is 12.6 Å². The van der Waals surface area contributed by atoms with Gasteiger partial charge in [0.1, 0.15) is 12.4 Å². The number of halogens is 3. The molecule has 1 fully saturated rings. The first-order valence-corrected chi connectivity index (χ1v) is 9.55. The highest BCUT2D eigenvalue weighted by Gasteiger charge is 2.12. The van der Waals surface area contributed by atoms with Crippen LogP contribution in [-0.4, -0.2) is 19.2 Å². The zero-order valence-electron chi connectivity index (χ0n) is 11.4. The summed E-state index contributed by atoms with van der Waals surface area (Å²) < 4.78 is 8.83. The van der Waals surface area contributed by atoms with Gasteiger partial charge in [0, 0.05) is 17.1 Å². The molecule has 5 heteroatoms. The molecule has 0 aliphatic heterocycles. The van der Waals surface area contributed by atoms with Crippen LogP contribution >= 0.6 is 47.8 Å². The van der Waals surface area contributed by atoms with Crippen LogP contribution < -0.4 is 10.1 Å². The maximum absolute atomic E-state index is 5.87. The molecule has 0 bridgehead atoms. The van der Waals surface area contributed by atoms with Gasteiger partial charge in [0.15, 0.2) is 0 Å². The second-order valence-corrected chi connectivity index (χ2v) is 7.81. The topological polar surface area (TPSA) is 21.3 Å². The summed E-state index contributed by atoms with van der Waals surface area (Å²) in [4.78, 5) is 0. The van der Waals surface area contributed by atoms with Gasteiger partial charge in [-0.1, -0.05) is 41.6 Å².